The molecule has 0 aliphatic carbocycles. The molecule has 6 atom stereocenters. The first-order valence-electron chi connectivity index (χ1n) is 14.3. The zero-order valence-electron chi connectivity index (χ0n) is 23.6. The van der Waals surface area contributed by atoms with E-state index in [-0.39, 0.29) is 42.1 Å². The van der Waals surface area contributed by atoms with Crippen molar-refractivity contribution in [2.75, 3.05) is 38.3 Å². The lowest BCUT2D eigenvalue weighted by molar-refractivity contribution is -0.154. The number of methoxy groups -OCH3 is 1. The number of anilines is 1. The SMILES string of the molecule is C=CCCCCOC(=O)[C@@H]1[C@@H]2CC(C)C3(S2)C(C(=O)N(CC=C)c2ccc(OC)cc2)N(CCCCO)C(=O)[C@H]13. The quantitative estimate of drug-likeness (QED) is 0.192. The summed E-state index contributed by atoms with van der Waals surface area (Å²) >= 11 is 1.64. The van der Waals surface area contributed by atoms with Gasteiger partial charge in [-0.15, -0.1) is 24.9 Å². The Morgan fingerprint density at radius 1 is 1.18 bits per heavy atom. The number of benzene rings is 1. The van der Waals surface area contributed by atoms with E-state index >= 15 is 0 Å². The molecule has 2 amide bonds. The van der Waals surface area contributed by atoms with Crippen LogP contribution in [0.25, 0.3) is 0 Å². The Morgan fingerprint density at radius 3 is 2.58 bits per heavy atom. The molecule has 3 aliphatic rings. The van der Waals surface area contributed by atoms with Crippen LogP contribution in [0.3, 0.4) is 0 Å². The number of aliphatic hydroxyl groups excluding tert-OH is 1. The van der Waals surface area contributed by atoms with Crippen molar-refractivity contribution in [3.8, 4) is 5.75 Å². The van der Waals surface area contributed by atoms with Crippen LogP contribution in [0.4, 0.5) is 5.69 Å². The summed E-state index contributed by atoms with van der Waals surface area (Å²) in [5, 5.41) is 9.36. The Morgan fingerprint density at radius 2 is 1.93 bits per heavy atom. The van der Waals surface area contributed by atoms with Crippen molar-refractivity contribution in [1.29, 1.82) is 0 Å². The molecule has 3 heterocycles. The predicted molar refractivity (Wildman–Crippen MR) is 157 cm³/mol. The topological polar surface area (TPSA) is 96.4 Å². The Bertz CT molecular complexity index is 1090. The number of carbonyl (C=O) groups is 3. The lowest BCUT2D eigenvalue weighted by Gasteiger charge is -2.40. The molecule has 0 saturated carbocycles. The molecule has 0 radical (unpaired) electrons. The summed E-state index contributed by atoms with van der Waals surface area (Å²) in [6.07, 6.45) is 7.88. The fourth-order valence-electron chi connectivity index (χ4n) is 6.72. The maximum absolute atomic E-state index is 14.6. The van der Waals surface area contributed by atoms with Crippen LogP contribution >= 0.6 is 11.8 Å². The summed E-state index contributed by atoms with van der Waals surface area (Å²) in [5.41, 5.74) is 0.689. The number of ether oxygens (including phenoxy) is 2. The maximum Gasteiger partial charge on any atom is 0.310 e. The van der Waals surface area contributed by atoms with Gasteiger partial charge in [0, 0.05) is 30.6 Å². The molecule has 0 aromatic heterocycles. The van der Waals surface area contributed by atoms with Gasteiger partial charge in [-0.25, -0.2) is 0 Å². The molecule has 1 aromatic carbocycles. The number of thioether (sulfide) groups is 1. The van der Waals surface area contributed by atoms with E-state index in [0.717, 1.165) is 25.7 Å². The summed E-state index contributed by atoms with van der Waals surface area (Å²) in [6, 6.07) is 6.53. The van der Waals surface area contributed by atoms with E-state index < -0.39 is 22.6 Å². The minimum atomic E-state index is -0.735. The summed E-state index contributed by atoms with van der Waals surface area (Å²) in [4.78, 5) is 45.6. The molecule has 3 unspecified atom stereocenters. The molecule has 1 spiro atoms. The zero-order chi connectivity index (χ0) is 28.9. The molecule has 1 aromatic rings. The van der Waals surface area contributed by atoms with Crippen molar-refractivity contribution in [3.05, 3.63) is 49.6 Å². The van der Waals surface area contributed by atoms with Gasteiger partial charge in [-0.1, -0.05) is 19.1 Å². The van der Waals surface area contributed by atoms with Crippen molar-refractivity contribution in [1.82, 2.24) is 4.90 Å². The normalized spacial score (nSPS) is 28.3. The van der Waals surface area contributed by atoms with Crippen LogP contribution in [0, 0.1) is 17.8 Å². The molecule has 3 aliphatic heterocycles. The number of rotatable bonds is 15. The average molecular weight is 571 g/mol. The summed E-state index contributed by atoms with van der Waals surface area (Å²) < 4.78 is 10.3. The van der Waals surface area contributed by atoms with Gasteiger partial charge in [0.2, 0.25) is 5.91 Å². The van der Waals surface area contributed by atoms with Gasteiger partial charge in [-0.3, -0.25) is 14.4 Å². The molecule has 218 valence electrons. The minimum Gasteiger partial charge on any atom is -0.497 e. The molecule has 3 fully saturated rings. The van der Waals surface area contributed by atoms with Crippen molar-refractivity contribution in [3.63, 3.8) is 0 Å². The highest BCUT2D eigenvalue weighted by molar-refractivity contribution is 8.02. The van der Waals surface area contributed by atoms with E-state index in [2.05, 4.69) is 20.1 Å². The van der Waals surface area contributed by atoms with Crippen LogP contribution in [0.15, 0.2) is 49.6 Å². The van der Waals surface area contributed by atoms with Gasteiger partial charge in [0.1, 0.15) is 11.8 Å². The lowest BCUT2D eigenvalue weighted by Crippen LogP contribution is -2.57. The first-order chi connectivity index (χ1) is 19.3. The number of nitrogens with zero attached hydrogens (tertiary/aromatic N) is 2. The van der Waals surface area contributed by atoms with Gasteiger partial charge in [0.05, 0.1) is 30.3 Å². The van der Waals surface area contributed by atoms with Crippen molar-refractivity contribution in [2.24, 2.45) is 17.8 Å². The standard InChI is InChI=1S/C31H42N2O6S/c1-5-7-8-11-19-39-30(37)25-24-20-21(3)31(40-24)26(25)28(35)33(17-9-10-18-34)27(31)29(36)32(16-6-2)22-12-14-23(38-4)15-13-22/h5-6,12-15,21,24-27,34H,1-2,7-11,16-20H2,3-4H3/t21?,24-,25+,26-,27?,31?/m0/s1. The Labute approximate surface area is 241 Å². The maximum atomic E-state index is 14.6. The number of unbranched alkanes of at least 4 members (excludes halogenated alkanes) is 3. The van der Waals surface area contributed by atoms with Crippen molar-refractivity contribution < 1.29 is 29.0 Å². The third-order valence-electron chi connectivity index (χ3n) is 8.57. The fraction of sp³-hybridized carbons (Fsp3) is 0.581. The van der Waals surface area contributed by atoms with E-state index in [0.29, 0.717) is 37.4 Å². The predicted octanol–water partition coefficient (Wildman–Crippen LogP) is 4.22. The van der Waals surface area contributed by atoms with Crippen LogP contribution < -0.4 is 9.64 Å². The second-order valence-electron chi connectivity index (χ2n) is 10.9. The lowest BCUT2D eigenvalue weighted by atomic mass is 9.66. The molecular weight excluding hydrogens is 528 g/mol. The highest BCUT2D eigenvalue weighted by Crippen LogP contribution is 2.68. The number of carbonyl (C=O) groups excluding carboxylic acids is 3. The van der Waals surface area contributed by atoms with Crippen LogP contribution in [-0.4, -0.2) is 77.2 Å². The third kappa shape index (κ3) is 5.42. The number of aliphatic hydroxyl groups is 1. The summed E-state index contributed by atoms with van der Waals surface area (Å²) in [6.45, 7) is 10.7. The average Bonchev–Trinajstić information content (AvgIpc) is 3.55. The smallest absolute Gasteiger partial charge is 0.310 e. The van der Waals surface area contributed by atoms with Gasteiger partial charge in [-0.05, 0) is 68.7 Å². The van der Waals surface area contributed by atoms with E-state index in [9.17, 15) is 19.5 Å². The van der Waals surface area contributed by atoms with E-state index in [1.54, 1.807) is 46.9 Å². The van der Waals surface area contributed by atoms with Crippen LogP contribution in [0.5, 0.6) is 5.75 Å². The first-order valence-corrected chi connectivity index (χ1v) is 15.2. The van der Waals surface area contributed by atoms with Crippen LogP contribution in [0.2, 0.25) is 0 Å². The van der Waals surface area contributed by atoms with Crippen LogP contribution in [-0.2, 0) is 19.1 Å². The van der Waals surface area contributed by atoms with Crippen molar-refractivity contribution >= 4 is 35.2 Å². The summed E-state index contributed by atoms with van der Waals surface area (Å²) in [5.74, 6) is -1.10. The van der Waals surface area contributed by atoms with Gasteiger partial charge >= 0.3 is 5.97 Å². The zero-order valence-corrected chi connectivity index (χ0v) is 24.4. The van der Waals surface area contributed by atoms with Crippen LogP contribution in [0.1, 0.15) is 45.4 Å². The monoisotopic (exact) mass is 570 g/mol. The van der Waals surface area contributed by atoms with E-state index in [1.807, 2.05) is 18.2 Å². The molecule has 4 rings (SSSR count). The van der Waals surface area contributed by atoms with Gasteiger partial charge in [0.15, 0.2) is 0 Å². The van der Waals surface area contributed by atoms with E-state index in [4.69, 9.17) is 9.47 Å². The number of likely N-dealkylation sites (tertiary alicyclic amines) is 1. The number of hydrogen-bond acceptors (Lipinski definition) is 7. The van der Waals surface area contributed by atoms with Gasteiger partial charge < -0.3 is 24.4 Å². The fourth-order valence-corrected chi connectivity index (χ4v) is 9.13. The molecule has 9 heteroatoms. The molecule has 8 nitrogen and oxygen atoms in total. The minimum absolute atomic E-state index is 0.0116. The van der Waals surface area contributed by atoms with Gasteiger partial charge in [-0.2, -0.15) is 0 Å². The highest BCUT2D eigenvalue weighted by Gasteiger charge is 2.76. The second-order valence-corrected chi connectivity index (χ2v) is 12.5. The molecule has 3 saturated heterocycles. The van der Waals surface area contributed by atoms with E-state index in [1.165, 1.54) is 0 Å². The third-order valence-corrected chi connectivity index (χ3v) is 10.6. The largest absolute Gasteiger partial charge is 0.497 e. The Balaban J connectivity index is 1.68. The highest BCUT2D eigenvalue weighted by atomic mass is 32.2. The molecule has 2 bridgehead atoms. The summed E-state index contributed by atoms with van der Waals surface area (Å²) in [7, 11) is 1.59. The Hall–Kier alpha value is -2.78. The number of fused-ring (bicyclic) bond motifs is 1. The molecule has 1 N–H and O–H groups in total. The van der Waals surface area contributed by atoms with Gasteiger partial charge in [0.25, 0.3) is 5.91 Å². The first kappa shape index (κ1) is 30.2. The molecule has 40 heavy (non-hydrogen) atoms. The number of allylic oxidation sites excluding steroid dienone is 1. The number of esters is 1. The number of hydrogen-bond donors (Lipinski definition) is 1. The van der Waals surface area contributed by atoms with Crippen molar-refractivity contribution in [2.45, 2.75) is 61.5 Å². The molecular formula is C31H42N2O6S. The Kier molecular flexibility index (Phi) is 10.0. The second kappa shape index (κ2) is 13.3. The number of amides is 2.